The molecule has 6 heteroatoms. The van der Waals surface area contributed by atoms with Crippen molar-refractivity contribution in [3.05, 3.63) is 50.3 Å². The van der Waals surface area contributed by atoms with Crippen molar-refractivity contribution in [2.24, 2.45) is 0 Å². The second kappa shape index (κ2) is 5.62. The molecule has 24 heavy (non-hydrogen) atoms. The first-order valence-corrected chi connectivity index (χ1v) is 8.91. The maximum atomic E-state index is 11.3. The van der Waals surface area contributed by atoms with Crippen molar-refractivity contribution in [3.8, 4) is 11.8 Å². The van der Waals surface area contributed by atoms with Crippen molar-refractivity contribution in [2.75, 3.05) is 6.61 Å². The van der Waals surface area contributed by atoms with Crippen LogP contribution >= 0.6 is 15.9 Å². The summed E-state index contributed by atoms with van der Waals surface area (Å²) >= 11 is 3.62. The zero-order valence-electron chi connectivity index (χ0n) is 13.7. The van der Waals surface area contributed by atoms with Gasteiger partial charge in [0.2, 0.25) is 0 Å². The smallest absolute Gasteiger partial charge is 0.300 e. The third-order valence-corrected chi connectivity index (χ3v) is 5.47. The number of hydrogen-bond donors (Lipinski definition) is 0. The normalized spacial score (nSPS) is 20.4. The van der Waals surface area contributed by atoms with Crippen LogP contribution in [0.5, 0.6) is 11.8 Å². The van der Waals surface area contributed by atoms with E-state index in [2.05, 4.69) is 46.9 Å². The molecular weight excluding hydrogens is 372 g/mol. The van der Waals surface area contributed by atoms with Gasteiger partial charge in [-0.15, -0.1) is 0 Å². The molecule has 1 aliphatic carbocycles. The van der Waals surface area contributed by atoms with Crippen molar-refractivity contribution in [1.82, 2.24) is 9.55 Å². The van der Waals surface area contributed by atoms with Gasteiger partial charge in [0.15, 0.2) is 6.10 Å². The van der Waals surface area contributed by atoms with Crippen molar-refractivity contribution in [1.29, 1.82) is 0 Å². The molecule has 2 aromatic rings. The molecule has 5 nitrogen and oxygen atoms in total. The number of halogens is 1. The minimum Gasteiger partial charge on any atom is -0.488 e. The number of aromatic nitrogens is 2. The maximum absolute atomic E-state index is 11.3. The van der Waals surface area contributed by atoms with E-state index in [9.17, 15) is 4.79 Å². The van der Waals surface area contributed by atoms with Crippen LogP contribution in [-0.4, -0.2) is 22.3 Å². The van der Waals surface area contributed by atoms with Crippen molar-refractivity contribution in [3.63, 3.8) is 0 Å². The highest BCUT2D eigenvalue weighted by molar-refractivity contribution is 9.10. The Morgan fingerprint density at radius 2 is 2.29 bits per heavy atom. The molecule has 0 fully saturated rings. The Bertz CT molecular complexity index is 860. The van der Waals surface area contributed by atoms with Gasteiger partial charge >= 0.3 is 0 Å². The first kappa shape index (κ1) is 15.7. The zero-order valence-corrected chi connectivity index (χ0v) is 15.3. The van der Waals surface area contributed by atoms with Crippen molar-refractivity contribution < 1.29 is 9.47 Å². The molecule has 0 spiro atoms. The average molecular weight is 391 g/mol. The molecule has 0 radical (unpaired) electrons. The lowest BCUT2D eigenvalue weighted by molar-refractivity contribution is 0.143. The summed E-state index contributed by atoms with van der Waals surface area (Å²) in [4.78, 5) is 15.1. The standard InChI is InChI=1S/C18H19BrN2O3/c1-18(2)5-3-11-7-15(14(19)8-13(11)18)23-10-12-9-21-6-4-16(22)20-17(21)24-12/h4,6-8,12H,3,5,9-10H2,1-2H3. The van der Waals surface area contributed by atoms with Gasteiger partial charge in [0, 0.05) is 12.3 Å². The van der Waals surface area contributed by atoms with Crippen LogP contribution in [0.15, 0.2) is 33.7 Å². The fraction of sp³-hybridized carbons (Fsp3) is 0.444. The van der Waals surface area contributed by atoms with E-state index in [0.717, 1.165) is 16.6 Å². The summed E-state index contributed by atoms with van der Waals surface area (Å²) in [6.07, 6.45) is 3.82. The highest BCUT2D eigenvalue weighted by Crippen LogP contribution is 2.42. The predicted molar refractivity (Wildman–Crippen MR) is 93.9 cm³/mol. The SMILES string of the molecule is CC1(C)CCc2cc(OCC3Cn4ccc(=O)nc4O3)c(Br)cc21. The largest absolute Gasteiger partial charge is 0.488 e. The summed E-state index contributed by atoms with van der Waals surface area (Å²) in [6, 6.07) is 6.12. The second-order valence-corrected chi connectivity index (χ2v) is 7.93. The molecule has 1 aromatic carbocycles. The summed E-state index contributed by atoms with van der Waals surface area (Å²) in [5.74, 6) is 0.841. The van der Waals surface area contributed by atoms with E-state index in [1.807, 2.05) is 4.57 Å². The Hall–Kier alpha value is -1.82. The first-order chi connectivity index (χ1) is 11.4. The molecule has 2 heterocycles. The van der Waals surface area contributed by atoms with E-state index in [1.165, 1.54) is 23.6 Å². The van der Waals surface area contributed by atoms with Gasteiger partial charge in [-0.25, -0.2) is 0 Å². The number of benzene rings is 1. The Labute approximate surface area is 148 Å². The highest BCUT2D eigenvalue weighted by atomic mass is 79.9. The summed E-state index contributed by atoms with van der Waals surface area (Å²) < 4.78 is 14.5. The monoisotopic (exact) mass is 390 g/mol. The summed E-state index contributed by atoms with van der Waals surface area (Å²) in [6.45, 7) is 5.62. The van der Waals surface area contributed by atoms with Crippen LogP contribution < -0.4 is 15.0 Å². The third-order valence-electron chi connectivity index (χ3n) is 4.85. The number of hydrogen-bond acceptors (Lipinski definition) is 4. The van der Waals surface area contributed by atoms with Crippen molar-refractivity contribution >= 4 is 15.9 Å². The topological polar surface area (TPSA) is 53.4 Å². The maximum Gasteiger partial charge on any atom is 0.300 e. The molecule has 0 saturated heterocycles. The van der Waals surface area contributed by atoms with Crippen LogP contribution in [0.25, 0.3) is 0 Å². The molecule has 4 rings (SSSR count). The lowest BCUT2D eigenvalue weighted by Gasteiger charge is -2.20. The van der Waals surface area contributed by atoms with E-state index in [0.29, 0.717) is 19.2 Å². The van der Waals surface area contributed by atoms with Gasteiger partial charge < -0.3 is 9.47 Å². The summed E-state index contributed by atoms with van der Waals surface area (Å²) in [5, 5.41) is 0. The molecular formula is C18H19BrN2O3. The quantitative estimate of drug-likeness (QED) is 0.807. The van der Waals surface area contributed by atoms with Gasteiger partial charge in [-0.3, -0.25) is 9.36 Å². The minimum atomic E-state index is -0.285. The van der Waals surface area contributed by atoms with E-state index in [1.54, 1.807) is 6.20 Å². The Morgan fingerprint density at radius 1 is 1.46 bits per heavy atom. The number of aryl methyl sites for hydroxylation is 1. The molecule has 1 unspecified atom stereocenters. The Kier molecular flexibility index (Phi) is 3.67. The molecule has 1 aromatic heterocycles. The molecule has 0 amide bonds. The van der Waals surface area contributed by atoms with Gasteiger partial charge in [-0.05, 0) is 57.4 Å². The van der Waals surface area contributed by atoms with Gasteiger partial charge in [0.1, 0.15) is 12.4 Å². The highest BCUT2D eigenvalue weighted by Gasteiger charge is 2.31. The summed E-state index contributed by atoms with van der Waals surface area (Å²) in [5.41, 5.74) is 2.70. The van der Waals surface area contributed by atoms with Crippen LogP contribution in [0, 0.1) is 0 Å². The lowest BCUT2D eigenvalue weighted by Crippen LogP contribution is -2.23. The molecule has 1 aliphatic heterocycles. The lowest BCUT2D eigenvalue weighted by atomic mass is 9.87. The van der Waals surface area contributed by atoms with E-state index >= 15 is 0 Å². The number of nitrogens with zero attached hydrogens (tertiary/aromatic N) is 2. The van der Waals surface area contributed by atoms with Gasteiger partial charge in [-0.2, -0.15) is 4.98 Å². The van der Waals surface area contributed by atoms with E-state index in [4.69, 9.17) is 9.47 Å². The van der Waals surface area contributed by atoms with Crippen LogP contribution in [0.1, 0.15) is 31.4 Å². The van der Waals surface area contributed by atoms with Gasteiger partial charge in [0.25, 0.3) is 11.6 Å². The van der Waals surface area contributed by atoms with Crippen molar-refractivity contribution in [2.45, 2.75) is 44.8 Å². The van der Waals surface area contributed by atoms with E-state index in [-0.39, 0.29) is 17.1 Å². The summed E-state index contributed by atoms with van der Waals surface area (Å²) in [7, 11) is 0. The number of ether oxygens (including phenoxy) is 2. The van der Waals surface area contributed by atoms with Crippen LogP contribution in [-0.2, 0) is 18.4 Å². The molecule has 126 valence electrons. The van der Waals surface area contributed by atoms with Gasteiger partial charge in [-0.1, -0.05) is 13.8 Å². The van der Waals surface area contributed by atoms with Crippen LogP contribution in [0.3, 0.4) is 0 Å². The zero-order chi connectivity index (χ0) is 16.9. The predicted octanol–water partition coefficient (Wildman–Crippen LogP) is 3.07. The minimum absolute atomic E-state index is 0.143. The third kappa shape index (κ3) is 2.73. The van der Waals surface area contributed by atoms with Crippen LogP contribution in [0.2, 0.25) is 0 Å². The van der Waals surface area contributed by atoms with Crippen LogP contribution in [0.4, 0.5) is 0 Å². The average Bonchev–Trinajstić information content (AvgIpc) is 3.06. The Morgan fingerprint density at radius 3 is 3.12 bits per heavy atom. The fourth-order valence-electron chi connectivity index (χ4n) is 3.45. The molecule has 0 N–H and O–H groups in total. The number of rotatable bonds is 3. The fourth-order valence-corrected chi connectivity index (χ4v) is 3.90. The van der Waals surface area contributed by atoms with Gasteiger partial charge in [0.05, 0.1) is 11.0 Å². The Balaban J connectivity index is 1.47. The molecule has 1 atom stereocenters. The number of fused-ring (bicyclic) bond motifs is 2. The molecule has 0 saturated carbocycles. The van der Waals surface area contributed by atoms with E-state index < -0.39 is 0 Å². The first-order valence-electron chi connectivity index (χ1n) is 8.12. The molecule has 0 bridgehead atoms. The molecule has 2 aliphatic rings. The second-order valence-electron chi connectivity index (χ2n) is 7.08.